The van der Waals surface area contributed by atoms with Gasteiger partial charge in [0.25, 0.3) is 0 Å². The lowest BCUT2D eigenvalue weighted by Crippen LogP contribution is -2.10. The molecule has 2 N–H and O–H groups in total. The highest BCUT2D eigenvalue weighted by Crippen LogP contribution is 2.28. The van der Waals surface area contributed by atoms with Crippen LogP contribution in [0.15, 0.2) is 42.5 Å². The number of nitrogens with two attached hydrogens (primary N) is 1. The minimum Gasteiger partial charge on any atom is -0.329 e. The Labute approximate surface area is 122 Å². The monoisotopic (exact) mass is 276 g/mol. The Morgan fingerprint density at radius 1 is 1.05 bits per heavy atom. The second-order valence-corrected chi connectivity index (χ2v) is 5.35. The van der Waals surface area contributed by atoms with Gasteiger partial charge in [0.15, 0.2) is 5.65 Å². The van der Waals surface area contributed by atoms with E-state index in [-0.39, 0.29) is 0 Å². The van der Waals surface area contributed by atoms with E-state index in [0.29, 0.717) is 6.54 Å². The Balaban J connectivity index is 2.22. The average molecular weight is 276 g/mol. The van der Waals surface area contributed by atoms with Crippen molar-refractivity contribution in [3.05, 3.63) is 48.0 Å². The zero-order valence-corrected chi connectivity index (χ0v) is 11.9. The van der Waals surface area contributed by atoms with E-state index < -0.39 is 0 Å². The van der Waals surface area contributed by atoms with Crippen molar-refractivity contribution in [2.75, 3.05) is 6.54 Å². The molecule has 0 spiro atoms. The predicted molar refractivity (Wildman–Crippen MR) is 86.3 cm³/mol. The minimum atomic E-state index is 0.585. The van der Waals surface area contributed by atoms with E-state index >= 15 is 0 Å². The van der Waals surface area contributed by atoms with Crippen molar-refractivity contribution >= 4 is 33.1 Å². The first-order valence-corrected chi connectivity index (χ1v) is 7.13. The van der Waals surface area contributed by atoms with E-state index in [0.717, 1.165) is 39.6 Å². The number of benzene rings is 2. The lowest BCUT2D eigenvalue weighted by atomic mass is 10.1. The molecule has 0 aliphatic heterocycles. The molecule has 0 aliphatic rings. The summed E-state index contributed by atoms with van der Waals surface area (Å²) in [6.45, 7) is 3.43. The van der Waals surface area contributed by atoms with Gasteiger partial charge in [0.05, 0.1) is 16.6 Å². The maximum atomic E-state index is 5.78. The molecule has 2 aromatic heterocycles. The van der Waals surface area contributed by atoms with Gasteiger partial charge in [-0.2, -0.15) is 0 Å². The normalized spacial score (nSPS) is 11.7. The van der Waals surface area contributed by atoms with Gasteiger partial charge in [-0.3, -0.25) is 0 Å². The summed E-state index contributed by atoms with van der Waals surface area (Å²) in [7, 11) is 0. The molecule has 0 saturated carbocycles. The molecule has 0 atom stereocenters. The molecule has 4 heteroatoms. The first-order chi connectivity index (χ1) is 10.3. The van der Waals surface area contributed by atoms with Crippen molar-refractivity contribution in [3.8, 4) is 0 Å². The summed E-state index contributed by atoms with van der Waals surface area (Å²) < 4.78 is 2.17. The van der Waals surface area contributed by atoms with Gasteiger partial charge in [0, 0.05) is 18.5 Å². The number of hydrogen-bond donors (Lipinski definition) is 1. The predicted octanol–water partition coefficient (Wildman–Crippen LogP) is 3.00. The topological polar surface area (TPSA) is 56.7 Å². The lowest BCUT2D eigenvalue weighted by Gasteiger charge is -2.04. The standard InChI is InChI=1S/C17H16N4/c1-11-6-7-15-12(10-11)16-17(21(15)9-8-18)20-14-5-3-2-4-13(14)19-16/h2-7,10H,8-9,18H2,1H3. The van der Waals surface area contributed by atoms with Gasteiger partial charge in [-0.05, 0) is 31.2 Å². The SMILES string of the molecule is Cc1ccc2c(c1)c1nc3ccccc3nc1n2CCN. The van der Waals surface area contributed by atoms with Crippen LogP contribution >= 0.6 is 0 Å². The molecule has 4 aromatic rings. The van der Waals surface area contributed by atoms with Crippen LogP contribution in [-0.4, -0.2) is 21.1 Å². The van der Waals surface area contributed by atoms with Crippen LogP contribution in [0.5, 0.6) is 0 Å². The Morgan fingerprint density at radius 3 is 2.57 bits per heavy atom. The molecule has 0 radical (unpaired) electrons. The third kappa shape index (κ3) is 1.80. The van der Waals surface area contributed by atoms with Crippen molar-refractivity contribution in [2.24, 2.45) is 5.73 Å². The van der Waals surface area contributed by atoms with Crippen molar-refractivity contribution < 1.29 is 0 Å². The molecule has 4 nitrogen and oxygen atoms in total. The van der Waals surface area contributed by atoms with Crippen molar-refractivity contribution in [2.45, 2.75) is 13.5 Å². The molecule has 4 rings (SSSR count). The smallest absolute Gasteiger partial charge is 0.160 e. The van der Waals surface area contributed by atoms with Crippen LogP contribution in [-0.2, 0) is 6.54 Å². The molecule has 0 bridgehead atoms. The second-order valence-electron chi connectivity index (χ2n) is 5.35. The largest absolute Gasteiger partial charge is 0.329 e. The van der Waals surface area contributed by atoms with Crippen molar-refractivity contribution in [3.63, 3.8) is 0 Å². The molecular weight excluding hydrogens is 260 g/mol. The molecule has 0 amide bonds. The highest BCUT2D eigenvalue weighted by molar-refractivity contribution is 6.06. The summed E-state index contributed by atoms with van der Waals surface area (Å²) in [6.07, 6.45) is 0. The summed E-state index contributed by atoms with van der Waals surface area (Å²) in [5, 5.41) is 1.15. The summed E-state index contributed by atoms with van der Waals surface area (Å²) in [5.74, 6) is 0. The Hall–Kier alpha value is -2.46. The molecule has 2 aromatic carbocycles. The fourth-order valence-electron chi connectivity index (χ4n) is 2.90. The molecule has 2 heterocycles. The third-order valence-electron chi connectivity index (χ3n) is 3.86. The van der Waals surface area contributed by atoms with E-state index in [1.165, 1.54) is 5.56 Å². The van der Waals surface area contributed by atoms with E-state index in [2.05, 4.69) is 29.7 Å². The van der Waals surface area contributed by atoms with Gasteiger partial charge in [-0.25, -0.2) is 9.97 Å². The van der Waals surface area contributed by atoms with Crippen LogP contribution in [0.3, 0.4) is 0 Å². The van der Waals surface area contributed by atoms with Gasteiger partial charge >= 0.3 is 0 Å². The molecule has 0 saturated heterocycles. The molecule has 0 aliphatic carbocycles. The van der Waals surface area contributed by atoms with Gasteiger partial charge in [0.1, 0.15) is 5.52 Å². The Morgan fingerprint density at radius 2 is 1.81 bits per heavy atom. The molecule has 104 valence electrons. The van der Waals surface area contributed by atoms with Crippen LogP contribution in [0.25, 0.3) is 33.1 Å². The van der Waals surface area contributed by atoms with Gasteiger partial charge in [-0.15, -0.1) is 0 Å². The summed E-state index contributed by atoms with van der Waals surface area (Å²) in [5.41, 5.74) is 11.9. The third-order valence-corrected chi connectivity index (χ3v) is 3.86. The number of aryl methyl sites for hydroxylation is 1. The van der Waals surface area contributed by atoms with E-state index in [1.807, 2.05) is 24.3 Å². The van der Waals surface area contributed by atoms with Crippen LogP contribution in [0.2, 0.25) is 0 Å². The van der Waals surface area contributed by atoms with Gasteiger partial charge < -0.3 is 10.3 Å². The number of fused-ring (bicyclic) bond motifs is 4. The number of aromatic nitrogens is 3. The molecular formula is C17H16N4. The number of para-hydroxylation sites is 2. The number of rotatable bonds is 2. The number of nitrogens with zero attached hydrogens (tertiary/aromatic N) is 3. The first kappa shape index (κ1) is 12.3. The van der Waals surface area contributed by atoms with E-state index in [4.69, 9.17) is 15.7 Å². The van der Waals surface area contributed by atoms with Crippen LogP contribution in [0.4, 0.5) is 0 Å². The highest BCUT2D eigenvalue weighted by Gasteiger charge is 2.13. The fraction of sp³-hybridized carbons (Fsp3) is 0.176. The molecule has 21 heavy (non-hydrogen) atoms. The average Bonchev–Trinajstić information content (AvgIpc) is 2.79. The fourth-order valence-corrected chi connectivity index (χ4v) is 2.90. The maximum absolute atomic E-state index is 5.78. The van der Waals surface area contributed by atoms with Crippen molar-refractivity contribution in [1.82, 2.24) is 14.5 Å². The molecule has 0 unspecified atom stereocenters. The first-order valence-electron chi connectivity index (χ1n) is 7.13. The van der Waals surface area contributed by atoms with Gasteiger partial charge in [-0.1, -0.05) is 23.8 Å². The summed E-state index contributed by atoms with van der Waals surface area (Å²) in [6, 6.07) is 14.4. The Bertz CT molecular complexity index is 969. The van der Waals surface area contributed by atoms with Crippen LogP contribution < -0.4 is 5.73 Å². The second kappa shape index (κ2) is 4.53. The highest BCUT2D eigenvalue weighted by atomic mass is 15.1. The summed E-state index contributed by atoms with van der Waals surface area (Å²) >= 11 is 0. The van der Waals surface area contributed by atoms with Crippen molar-refractivity contribution in [1.29, 1.82) is 0 Å². The Kier molecular flexibility index (Phi) is 2.65. The quantitative estimate of drug-likeness (QED) is 0.612. The maximum Gasteiger partial charge on any atom is 0.160 e. The van der Waals surface area contributed by atoms with E-state index in [1.54, 1.807) is 0 Å². The zero-order chi connectivity index (χ0) is 14.4. The minimum absolute atomic E-state index is 0.585. The van der Waals surface area contributed by atoms with E-state index in [9.17, 15) is 0 Å². The number of hydrogen-bond acceptors (Lipinski definition) is 3. The lowest BCUT2D eigenvalue weighted by molar-refractivity contribution is 0.751. The zero-order valence-electron chi connectivity index (χ0n) is 11.9. The van der Waals surface area contributed by atoms with Gasteiger partial charge in [0.2, 0.25) is 0 Å². The van der Waals surface area contributed by atoms with Crippen LogP contribution in [0, 0.1) is 6.92 Å². The van der Waals surface area contributed by atoms with Crippen LogP contribution in [0.1, 0.15) is 5.56 Å². The molecule has 0 fully saturated rings. The summed E-state index contributed by atoms with van der Waals surface area (Å²) in [4.78, 5) is 9.63.